The molecule has 2 aliphatic heterocycles. The van der Waals surface area contributed by atoms with Gasteiger partial charge in [0.25, 0.3) is 0 Å². The number of carbonyl (C=O) groups excluding carboxylic acids is 2. The molecular formula is C24H33NO9. The highest BCUT2D eigenvalue weighted by Gasteiger charge is 2.59. The number of unbranched alkanes of at least 4 members (excludes halogenated alkanes) is 2. The largest absolute Gasteiger partial charge is 0.504 e. The molecule has 1 aromatic carbocycles. The van der Waals surface area contributed by atoms with Gasteiger partial charge in [-0.25, -0.2) is 4.79 Å². The molecule has 1 aromatic rings. The average Bonchev–Trinajstić information content (AvgIpc) is 2.80. The number of phenols is 1. The van der Waals surface area contributed by atoms with Crippen molar-refractivity contribution in [3.63, 3.8) is 0 Å². The summed E-state index contributed by atoms with van der Waals surface area (Å²) in [6.07, 6.45) is -0.316. The Bertz CT molecular complexity index is 918. The second-order valence-corrected chi connectivity index (χ2v) is 8.58. The summed E-state index contributed by atoms with van der Waals surface area (Å²) in [5.41, 5.74) is 0.916. The number of methoxy groups -OCH3 is 1. The maximum absolute atomic E-state index is 13.3. The van der Waals surface area contributed by atoms with E-state index in [4.69, 9.17) is 18.9 Å². The molecule has 0 spiro atoms. The molecule has 2 aliphatic rings. The highest BCUT2D eigenvalue weighted by atomic mass is 16.7. The zero-order valence-corrected chi connectivity index (χ0v) is 19.7. The first kappa shape index (κ1) is 26.0. The average molecular weight is 480 g/mol. The van der Waals surface area contributed by atoms with Gasteiger partial charge in [0.05, 0.1) is 13.7 Å². The molecule has 2 heterocycles. The summed E-state index contributed by atoms with van der Waals surface area (Å²) >= 11 is 0. The van der Waals surface area contributed by atoms with E-state index in [-0.39, 0.29) is 24.6 Å². The first-order valence-corrected chi connectivity index (χ1v) is 11.4. The van der Waals surface area contributed by atoms with Crippen LogP contribution in [0.3, 0.4) is 0 Å². The molecule has 188 valence electrons. The minimum Gasteiger partial charge on any atom is -0.504 e. The highest BCUT2D eigenvalue weighted by molar-refractivity contribution is 5.94. The number of hydrogen-bond acceptors (Lipinski definition) is 10. The molecule has 0 amide bonds. The van der Waals surface area contributed by atoms with Gasteiger partial charge >= 0.3 is 11.9 Å². The van der Waals surface area contributed by atoms with Gasteiger partial charge in [-0.05, 0) is 36.6 Å². The predicted molar refractivity (Wildman–Crippen MR) is 121 cm³/mol. The SMILES string of the molecule is CCCCCC(=Cc1ccc(O)c(OC)c1)C(=O)O[C@H]1[C@H](OC(C)=O)[C@@H](O)[C@H]2CNC[C@@]1(O)O2. The number of esters is 2. The van der Waals surface area contributed by atoms with Crippen molar-refractivity contribution in [1.82, 2.24) is 5.32 Å². The van der Waals surface area contributed by atoms with Crippen molar-refractivity contribution in [2.24, 2.45) is 0 Å². The minimum atomic E-state index is -1.98. The third-order valence-electron chi connectivity index (χ3n) is 5.93. The van der Waals surface area contributed by atoms with Gasteiger partial charge in [0.2, 0.25) is 5.79 Å². The Morgan fingerprint density at radius 2 is 2.06 bits per heavy atom. The number of fused-ring (bicyclic) bond motifs is 2. The molecule has 0 radical (unpaired) electrons. The first-order chi connectivity index (χ1) is 16.2. The number of β-amino-alcohol motifs (C(OH)–C–C–N with tert-alkyl or cyclic N) is 1. The van der Waals surface area contributed by atoms with Crippen LogP contribution in [0, 0.1) is 0 Å². The Balaban J connectivity index is 1.90. The second-order valence-electron chi connectivity index (χ2n) is 8.58. The maximum atomic E-state index is 13.3. The van der Waals surface area contributed by atoms with Crippen LogP contribution in [0.25, 0.3) is 6.08 Å². The second kappa shape index (κ2) is 11.2. The molecule has 0 saturated carbocycles. The number of rotatable bonds is 9. The number of aromatic hydroxyl groups is 1. The van der Waals surface area contributed by atoms with E-state index < -0.39 is 42.1 Å². The Morgan fingerprint density at radius 3 is 2.74 bits per heavy atom. The fourth-order valence-electron chi connectivity index (χ4n) is 4.20. The van der Waals surface area contributed by atoms with Crippen LogP contribution < -0.4 is 10.1 Å². The molecule has 3 rings (SSSR count). The van der Waals surface area contributed by atoms with Gasteiger partial charge in [-0.2, -0.15) is 0 Å². The van der Waals surface area contributed by atoms with Crippen molar-refractivity contribution < 1.29 is 43.9 Å². The lowest BCUT2D eigenvalue weighted by molar-refractivity contribution is -0.355. The van der Waals surface area contributed by atoms with Gasteiger partial charge < -0.3 is 39.6 Å². The van der Waals surface area contributed by atoms with Crippen molar-refractivity contribution in [3.8, 4) is 11.5 Å². The summed E-state index contributed by atoms with van der Waals surface area (Å²) in [4.78, 5) is 25.0. The Kier molecular flexibility index (Phi) is 8.53. The Morgan fingerprint density at radius 1 is 1.29 bits per heavy atom. The van der Waals surface area contributed by atoms with E-state index in [9.17, 15) is 24.9 Å². The van der Waals surface area contributed by atoms with Crippen LogP contribution >= 0.6 is 0 Å². The van der Waals surface area contributed by atoms with E-state index in [1.54, 1.807) is 18.2 Å². The normalized spacial score (nSPS) is 28.8. The van der Waals surface area contributed by atoms with Crippen molar-refractivity contribution >= 4 is 18.0 Å². The maximum Gasteiger partial charge on any atom is 0.334 e. The molecule has 2 bridgehead atoms. The zero-order chi connectivity index (χ0) is 24.9. The Hall–Kier alpha value is -2.66. The number of aliphatic hydroxyl groups excluding tert-OH is 1. The lowest BCUT2D eigenvalue weighted by atomic mass is 9.89. The van der Waals surface area contributed by atoms with E-state index in [0.717, 1.165) is 19.3 Å². The fourth-order valence-corrected chi connectivity index (χ4v) is 4.20. The first-order valence-electron chi connectivity index (χ1n) is 11.4. The van der Waals surface area contributed by atoms with Gasteiger partial charge in [0, 0.05) is 19.0 Å². The smallest absolute Gasteiger partial charge is 0.334 e. The summed E-state index contributed by atoms with van der Waals surface area (Å²) in [6, 6.07) is 4.67. The van der Waals surface area contributed by atoms with Crippen LogP contribution in [0.1, 0.15) is 45.1 Å². The van der Waals surface area contributed by atoms with E-state index in [1.807, 2.05) is 6.92 Å². The van der Waals surface area contributed by atoms with Gasteiger partial charge in [0.15, 0.2) is 23.7 Å². The molecule has 34 heavy (non-hydrogen) atoms. The summed E-state index contributed by atoms with van der Waals surface area (Å²) in [7, 11) is 1.43. The zero-order valence-electron chi connectivity index (χ0n) is 19.7. The van der Waals surface area contributed by atoms with Crippen LogP contribution in [-0.2, 0) is 23.8 Å². The van der Waals surface area contributed by atoms with Gasteiger partial charge in [-0.3, -0.25) is 4.79 Å². The number of nitrogens with one attached hydrogen (secondary N) is 1. The van der Waals surface area contributed by atoms with Crippen molar-refractivity contribution in [3.05, 3.63) is 29.3 Å². The number of aliphatic hydroxyl groups is 2. The molecule has 2 fully saturated rings. The third kappa shape index (κ3) is 5.87. The topological polar surface area (TPSA) is 144 Å². The summed E-state index contributed by atoms with van der Waals surface area (Å²) in [5, 5.41) is 34.5. The Labute approximate surface area is 198 Å². The predicted octanol–water partition coefficient (Wildman–Crippen LogP) is 1.26. The number of carbonyl (C=O) groups is 2. The van der Waals surface area contributed by atoms with Crippen LogP contribution in [-0.4, -0.2) is 77.7 Å². The van der Waals surface area contributed by atoms with Crippen LogP contribution in [0.15, 0.2) is 23.8 Å². The van der Waals surface area contributed by atoms with Crippen molar-refractivity contribution in [2.45, 2.75) is 69.7 Å². The lowest BCUT2D eigenvalue weighted by Crippen LogP contribution is -2.73. The van der Waals surface area contributed by atoms with Crippen LogP contribution in [0.2, 0.25) is 0 Å². The van der Waals surface area contributed by atoms with E-state index in [2.05, 4.69) is 5.32 Å². The number of morpholine rings is 1. The van der Waals surface area contributed by atoms with Crippen LogP contribution in [0.4, 0.5) is 0 Å². The molecule has 10 heteroatoms. The number of ether oxygens (including phenoxy) is 4. The van der Waals surface area contributed by atoms with Gasteiger partial charge in [-0.15, -0.1) is 0 Å². The number of hydrogen-bond donors (Lipinski definition) is 4. The third-order valence-corrected chi connectivity index (χ3v) is 5.93. The van der Waals surface area contributed by atoms with E-state index in [1.165, 1.54) is 20.1 Å². The molecule has 10 nitrogen and oxygen atoms in total. The van der Waals surface area contributed by atoms with Crippen LogP contribution in [0.5, 0.6) is 11.5 Å². The number of phenolic OH excluding ortho intramolecular Hbond substituents is 1. The molecule has 2 saturated heterocycles. The summed E-state index contributed by atoms with van der Waals surface area (Å²) in [6.45, 7) is 3.38. The summed E-state index contributed by atoms with van der Waals surface area (Å²) in [5.74, 6) is -3.18. The highest BCUT2D eigenvalue weighted by Crippen LogP contribution is 2.35. The monoisotopic (exact) mass is 479 g/mol. The summed E-state index contributed by atoms with van der Waals surface area (Å²) < 4.78 is 21.7. The van der Waals surface area contributed by atoms with Gasteiger partial charge in [-0.1, -0.05) is 25.8 Å². The quantitative estimate of drug-likeness (QED) is 0.232. The van der Waals surface area contributed by atoms with Crippen molar-refractivity contribution in [1.29, 1.82) is 0 Å². The minimum absolute atomic E-state index is 0.0334. The standard InChI is InChI=1S/C24H33NO9/c1-4-5-6-7-16(10-15-8-9-17(27)18(11-15)31-3)23(29)33-22-21(32-14(2)26)20(28)19-12-25-13-24(22,30)34-19/h8-11,19-22,25,27-28,30H,4-7,12-13H2,1-3H3/t19-,20+,21-,22+,24-/m1/s1. The molecule has 0 aliphatic carbocycles. The number of benzene rings is 1. The van der Waals surface area contributed by atoms with E-state index in [0.29, 0.717) is 17.6 Å². The fraction of sp³-hybridized carbons (Fsp3) is 0.583. The van der Waals surface area contributed by atoms with E-state index >= 15 is 0 Å². The molecule has 4 N–H and O–H groups in total. The lowest BCUT2D eigenvalue weighted by Gasteiger charge is -2.51. The molecule has 0 aromatic heterocycles. The van der Waals surface area contributed by atoms with Gasteiger partial charge in [0.1, 0.15) is 12.2 Å². The molecular weight excluding hydrogens is 446 g/mol. The van der Waals surface area contributed by atoms with Crippen molar-refractivity contribution in [2.75, 3.05) is 20.2 Å². The molecule has 0 unspecified atom stereocenters. The molecule has 5 atom stereocenters.